The van der Waals surface area contributed by atoms with E-state index in [1.165, 1.54) is 5.01 Å². The van der Waals surface area contributed by atoms with Gasteiger partial charge >= 0.3 is 5.97 Å². The zero-order valence-corrected chi connectivity index (χ0v) is 14.6. The summed E-state index contributed by atoms with van der Waals surface area (Å²) in [6.45, 7) is 11.4. The van der Waals surface area contributed by atoms with Gasteiger partial charge in [0.15, 0.2) is 0 Å². The lowest BCUT2D eigenvalue weighted by molar-refractivity contribution is -0.162. The maximum atomic E-state index is 12.4. The van der Waals surface area contributed by atoms with Gasteiger partial charge in [0.05, 0.1) is 0 Å². The number of ether oxygens (including phenoxy) is 1. The number of esters is 1. The predicted molar refractivity (Wildman–Crippen MR) is 88.4 cm³/mol. The first-order valence-electron chi connectivity index (χ1n) is 8.05. The Balaban J connectivity index is 2.79. The Morgan fingerprint density at radius 2 is 1.86 bits per heavy atom. The number of piperidine rings is 1. The summed E-state index contributed by atoms with van der Waals surface area (Å²) in [4.78, 5) is 12.4. The molecule has 1 aliphatic rings. The Bertz CT molecular complexity index is 395. The van der Waals surface area contributed by atoms with Gasteiger partial charge in [0.2, 0.25) is 0 Å². The van der Waals surface area contributed by atoms with Crippen LogP contribution in [0.15, 0.2) is 11.9 Å². The van der Waals surface area contributed by atoms with Crippen LogP contribution in [0.1, 0.15) is 47.5 Å². The fourth-order valence-electron chi connectivity index (χ4n) is 2.61. The van der Waals surface area contributed by atoms with E-state index in [2.05, 4.69) is 5.32 Å². The zero-order chi connectivity index (χ0) is 16.9. The van der Waals surface area contributed by atoms with Crippen molar-refractivity contribution in [2.75, 3.05) is 13.1 Å². The molecule has 1 unspecified atom stereocenters. The predicted octanol–water partition coefficient (Wildman–Crippen LogP) is 1.33. The van der Waals surface area contributed by atoms with Crippen LogP contribution >= 0.6 is 0 Å². The summed E-state index contributed by atoms with van der Waals surface area (Å²) in [7, 11) is 0. The standard InChI is InChI=1S/C16H32N4O2/c1-11(2)14(15(21)22-16(3,4)5)20(18)10-13(17)12-6-8-19-9-7-12/h10-12,14,19H,6-9,17-18H2,1-5H3/b13-10-. The largest absolute Gasteiger partial charge is 0.458 e. The number of carbonyl (C=O) groups excluding carboxylic acids is 1. The third-order valence-corrected chi connectivity index (χ3v) is 3.71. The van der Waals surface area contributed by atoms with E-state index in [0.717, 1.165) is 31.6 Å². The fraction of sp³-hybridized carbons (Fsp3) is 0.812. The highest BCUT2D eigenvalue weighted by Crippen LogP contribution is 2.20. The lowest BCUT2D eigenvalue weighted by atomic mass is 9.95. The number of hydrogen-bond donors (Lipinski definition) is 3. The molecule has 22 heavy (non-hydrogen) atoms. The molecule has 0 aliphatic carbocycles. The number of hydrogen-bond acceptors (Lipinski definition) is 6. The molecule has 1 fully saturated rings. The van der Waals surface area contributed by atoms with Gasteiger partial charge in [0, 0.05) is 17.8 Å². The highest BCUT2D eigenvalue weighted by Gasteiger charge is 2.31. The second-order valence-electron chi connectivity index (χ2n) is 7.32. The first-order valence-corrected chi connectivity index (χ1v) is 8.05. The zero-order valence-electron chi connectivity index (χ0n) is 14.6. The van der Waals surface area contributed by atoms with Crippen LogP contribution in [0.4, 0.5) is 0 Å². The normalized spacial score (nSPS) is 19.1. The second kappa shape index (κ2) is 7.83. The summed E-state index contributed by atoms with van der Waals surface area (Å²) in [6.07, 6.45) is 3.69. The molecule has 128 valence electrons. The molecule has 0 aromatic heterocycles. The van der Waals surface area contributed by atoms with Gasteiger partial charge in [-0.05, 0) is 52.6 Å². The Kier molecular flexibility index (Phi) is 6.68. The van der Waals surface area contributed by atoms with Crippen LogP contribution in [-0.2, 0) is 9.53 Å². The Morgan fingerprint density at radius 3 is 2.32 bits per heavy atom. The van der Waals surface area contributed by atoms with E-state index in [0.29, 0.717) is 5.92 Å². The average Bonchev–Trinajstić information content (AvgIpc) is 2.36. The minimum Gasteiger partial charge on any atom is -0.458 e. The molecule has 1 heterocycles. The number of carbonyl (C=O) groups is 1. The molecule has 0 radical (unpaired) electrons. The van der Waals surface area contributed by atoms with Crippen molar-refractivity contribution in [1.29, 1.82) is 0 Å². The van der Waals surface area contributed by atoms with Crippen molar-refractivity contribution < 1.29 is 9.53 Å². The molecule has 5 N–H and O–H groups in total. The molecule has 1 aliphatic heterocycles. The summed E-state index contributed by atoms with van der Waals surface area (Å²) in [6, 6.07) is -0.542. The van der Waals surface area contributed by atoms with Gasteiger partial charge in [-0.1, -0.05) is 13.8 Å². The van der Waals surface area contributed by atoms with E-state index in [1.807, 2.05) is 34.6 Å². The van der Waals surface area contributed by atoms with Gasteiger partial charge in [0.25, 0.3) is 0 Å². The average molecular weight is 312 g/mol. The Labute approximate surface area is 134 Å². The molecule has 6 heteroatoms. The minimum absolute atomic E-state index is 0.0249. The van der Waals surface area contributed by atoms with Gasteiger partial charge in [-0.2, -0.15) is 0 Å². The molecule has 0 bridgehead atoms. The van der Waals surface area contributed by atoms with Gasteiger partial charge in [-0.15, -0.1) is 0 Å². The van der Waals surface area contributed by atoms with Crippen molar-refractivity contribution in [3.05, 3.63) is 11.9 Å². The van der Waals surface area contributed by atoms with Crippen molar-refractivity contribution in [2.24, 2.45) is 23.4 Å². The van der Waals surface area contributed by atoms with E-state index in [1.54, 1.807) is 6.20 Å². The molecule has 6 nitrogen and oxygen atoms in total. The van der Waals surface area contributed by atoms with Crippen LogP contribution in [0.3, 0.4) is 0 Å². The summed E-state index contributed by atoms with van der Waals surface area (Å²) >= 11 is 0. The molecular formula is C16H32N4O2. The topological polar surface area (TPSA) is 93.6 Å². The van der Waals surface area contributed by atoms with E-state index >= 15 is 0 Å². The Hall–Kier alpha value is -1.27. The summed E-state index contributed by atoms with van der Waals surface area (Å²) in [5.74, 6) is 6.13. The smallest absolute Gasteiger partial charge is 0.331 e. The van der Waals surface area contributed by atoms with Gasteiger partial charge < -0.3 is 20.8 Å². The SMILES string of the molecule is CC(C)C(C(=O)OC(C)(C)C)N(N)/C=C(\N)C1CCNCC1. The summed E-state index contributed by atoms with van der Waals surface area (Å²) in [5, 5.41) is 4.72. The van der Waals surface area contributed by atoms with Crippen LogP contribution < -0.4 is 16.9 Å². The Morgan fingerprint density at radius 1 is 1.32 bits per heavy atom. The molecule has 1 rings (SSSR count). The quantitative estimate of drug-likeness (QED) is 0.403. The van der Waals surface area contributed by atoms with Crippen LogP contribution in [0, 0.1) is 11.8 Å². The highest BCUT2D eigenvalue weighted by atomic mass is 16.6. The first kappa shape index (κ1) is 18.8. The van der Waals surface area contributed by atoms with Crippen LogP contribution in [0.5, 0.6) is 0 Å². The number of allylic oxidation sites excluding steroid dienone is 1. The van der Waals surface area contributed by atoms with Crippen LogP contribution in [0.25, 0.3) is 0 Å². The molecule has 0 aromatic carbocycles. The molecule has 1 atom stereocenters. The van der Waals surface area contributed by atoms with E-state index in [9.17, 15) is 4.79 Å². The number of nitrogens with zero attached hydrogens (tertiary/aromatic N) is 1. The van der Waals surface area contributed by atoms with Gasteiger partial charge in [-0.25, -0.2) is 10.6 Å². The maximum absolute atomic E-state index is 12.4. The fourth-order valence-corrected chi connectivity index (χ4v) is 2.61. The monoisotopic (exact) mass is 312 g/mol. The van der Waals surface area contributed by atoms with Crippen molar-refractivity contribution in [2.45, 2.75) is 59.1 Å². The van der Waals surface area contributed by atoms with Crippen molar-refractivity contribution in [3.8, 4) is 0 Å². The molecule has 0 amide bonds. The number of hydrazine groups is 1. The summed E-state index contributed by atoms with van der Waals surface area (Å²) in [5.41, 5.74) is 6.38. The molecule has 0 saturated carbocycles. The van der Waals surface area contributed by atoms with Crippen molar-refractivity contribution >= 4 is 5.97 Å². The van der Waals surface area contributed by atoms with E-state index < -0.39 is 11.6 Å². The summed E-state index contributed by atoms with van der Waals surface area (Å²) < 4.78 is 5.47. The van der Waals surface area contributed by atoms with Gasteiger partial charge in [-0.3, -0.25) is 0 Å². The lowest BCUT2D eigenvalue weighted by Gasteiger charge is -2.32. The van der Waals surface area contributed by atoms with Gasteiger partial charge in [0.1, 0.15) is 11.6 Å². The molecular weight excluding hydrogens is 280 g/mol. The number of rotatable bonds is 5. The minimum atomic E-state index is -0.542. The lowest BCUT2D eigenvalue weighted by Crippen LogP contribution is -2.49. The van der Waals surface area contributed by atoms with Crippen molar-refractivity contribution in [1.82, 2.24) is 10.3 Å². The number of nitrogens with two attached hydrogens (primary N) is 2. The van der Waals surface area contributed by atoms with E-state index in [-0.39, 0.29) is 11.9 Å². The molecule has 0 spiro atoms. The number of nitrogens with one attached hydrogen (secondary N) is 1. The van der Waals surface area contributed by atoms with Crippen molar-refractivity contribution in [3.63, 3.8) is 0 Å². The van der Waals surface area contributed by atoms with Crippen LogP contribution in [0.2, 0.25) is 0 Å². The first-order chi connectivity index (χ1) is 10.1. The van der Waals surface area contributed by atoms with Crippen LogP contribution in [-0.4, -0.2) is 35.7 Å². The third kappa shape index (κ3) is 5.85. The maximum Gasteiger partial charge on any atom is 0.331 e. The second-order valence-corrected chi connectivity index (χ2v) is 7.32. The van der Waals surface area contributed by atoms with E-state index in [4.69, 9.17) is 16.3 Å². The third-order valence-electron chi connectivity index (χ3n) is 3.71. The highest BCUT2D eigenvalue weighted by molar-refractivity contribution is 5.76. The molecule has 1 saturated heterocycles. The molecule has 0 aromatic rings.